The van der Waals surface area contributed by atoms with Crippen LogP contribution in [0.1, 0.15) is 0 Å². The van der Waals surface area contributed by atoms with Crippen molar-refractivity contribution in [3.63, 3.8) is 0 Å². The van der Waals surface area contributed by atoms with E-state index in [9.17, 15) is 8.76 Å². The Morgan fingerprint density at radius 2 is 1.94 bits per heavy atom. The van der Waals surface area contributed by atoms with Crippen molar-refractivity contribution in [3.05, 3.63) is 34.8 Å². The summed E-state index contributed by atoms with van der Waals surface area (Å²) in [5.74, 6) is 0. The van der Waals surface area contributed by atoms with Crippen molar-refractivity contribution >= 4 is 36.2 Å². The zero-order chi connectivity index (χ0) is 12.0. The molecule has 0 amide bonds. The predicted octanol–water partition coefficient (Wildman–Crippen LogP) is 2.91. The lowest BCUT2D eigenvalue weighted by atomic mass is 10.2. The molecule has 1 N–H and O–H groups in total. The van der Waals surface area contributed by atoms with Crippen LogP contribution < -0.4 is 0 Å². The molecule has 0 fully saturated rings. The van der Waals surface area contributed by atoms with Gasteiger partial charge in [0.2, 0.25) is 0 Å². The third kappa shape index (κ3) is 2.31. The van der Waals surface area contributed by atoms with Gasteiger partial charge >= 0.3 is 0 Å². The van der Waals surface area contributed by atoms with Crippen molar-refractivity contribution in [2.24, 2.45) is 0 Å². The van der Waals surface area contributed by atoms with E-state index in [1.165, 1.54) is 12.5 Å². The van der Waals surface area contributed by atoms with Gasteiger partial charge in [0.05, 0.1) is 5.52 Å². The minimum atomic E-state index is -3.76. The first-order valence-corrected chi connectivity index (χ1v) is 8.19. The molecule has 0 spiro atoms. The van der Waals surface area contributed by atoms with E-state index >= 15 is 0 Å². The lowest BCUT2D eigenvalue weighted by Crippen LogP contribution is -2.29. The summed E-state index contributed by atoms with van der Waals surface area (Å²) in [4.78, 5) is 4.22. The van der Waals surface area contributed by atoms with Crippen molar-refractivity contribution < 1.29 is 8.76 Å². The number of aromatic nitrogens is 1. The fourth-order valence-corrected chi connectivity index (χ4v) is 2.60. The summed E-state index contributed by atoms with van der Waals surface area (Å²) in [6.45, 7) is 0. The molecule has 0 saturated heterocycles. The molecule has 1 aromatic heterocycles. The number of benzene rings is 1. The molecule has 2 aromatic rings. The SMILES string of the molecule is CS(C)(=O)(O)c1ccc2cc(Br)ccc2n1. The van der Waals surface area contributed by atoms with Gasteiger partial charge < -0.3 is 0 Å². The van der Waals surface area contributed by atoms with Crippen LogP contribution in [-0.2, 0) is 9.35 Å². The summed E-state index contributed by atoms with van der Waals surface area (Å²) in [7, 11) is -3.76. The van der Waals surface area contributed by atoms with Gasteiger partial charge in [0.25, 0.3) is 0 Å². The third-order valence-electron chi connectivity index (χ3n) is 2.22. The second-order valence-corrected chi connectivity index (χ2v) is 9.11. The van der Waals surface area contributed by atoms with Crippen LogP contribution in [0.5, 0.6) is 0 Å². The van der Waals surface area contributed by atoms with E-state index in [4.69, 9.17) is 0 Å². The zero-order valence-corrected chi connectivity index (χ0v) is 11.4. The minimum Gasteiger partial charge on any atom is -0.298 e. The van der Waals surface area contributed by atoms with Crippen LogP contribution in [0.15, 0.2) is 39.8 Å². The number of pyridine rings is 1. The van der Waals surface area contributed by atoms with Gasteiger partial charge in [-0.3, -0.25) is 4.55 Å². The molecule has 86 valence electrons. The molecule has 0 bridgehead atoms. The van der Waals surface area contributed by atoms with E-state index in [0.29, 0.717) is 0 Å². The first kappa shape index (κ1) is 11.7. The van der Waals surface area contributed by atoms with Gasteiger partial charge in [-0.2, -0.15) is 9.35 Å². The van der Waals surface area contributed by atoms with Crippen LogP contribution in [0.25, 0.3) is 10.9 Å². The maximum atomic E-state index is 12.0. The number of hydrogen-bond acceptors (Lipinski definition) is 2. The molecule has 0 aliphatic heterocycles. The van der Waals surface area contributed by atoms with Crippen molar-refractivity contribution in [2.45, 2.75) is 5.03 Å². The summed E-state index contributed by atoms with van der Waals surface area (Å²) in [5, 5.41) is 1.17. The number of hydrogen-bond donors (Lipinski definition) is 1. The van der Waals surface area contributed by atoms with E-state index in [-0.39, 0.29) is 5.03 Å². The average Bonchev–Trinajstić information content (AvgIpc) is 2.14. The number of nitrogens with zero attached hydrogens (tertiary/aromatic N) is 1. The van der Waals surface area contributed by atoms with Gasteiger partial charge in [0.15, 0.2) is 0 Å². The van der Waals surface area contributed by atoms with Gasteiger partial charge in [-0.15, -0.1) is 0 Å². The van der Waals surface area contributed by atoms with Gasteiger partial charge in [0, 0.05) is 22.4 Å². The maximum absolute atomic E-state index is 12.0. The Labute approximate surface area is 102 Å². The largest absolute Gasteiger partial charge is 0.298 e. The first-order valence-electron chi connectivity index (χ1n) is 4.65. The molecule has 0 aliphatic carbocycles. The highest BCUT2D eigenvalue weighted by atomic mass is 79.9. The van der Waals surface area contributed by atoms with Crippen molar-refractivity contribution in [1.29, 1.82) is 0 Å². The number of rotatable bonds is 1. The van der Waals surface area contributed by atoms with Crippen molar-refractivity contribution in [3.8, 4) is 0 Å². The highest BCUT2D eigenvalue weighted by molar-refractivity contribution is 9.10. The quantitative estimate of drug-likeness (QED) is 0.881. The number of fused-ring (bicyclic) bond motifs is 1. The average molecular weight is 302 g/mol. The molecule has 1 aromatic carbocycles. The maximum Gasteiger partial charge on any atom is 0.142 e. The Kier molecular flexibility index (Phi) is 2.45. The summed E-state index contributed by atoms with van der Waals surface area (Å²) >= 11 is 3.37. The lowest BCUT2D eigenvalue weighted by molar-refractivity contribution is 0.523. The molecule has 0 radical (unpaired) electrons. The second kappa shape index (κ2) is 3.35. The molecule has 1 heterocycles. The summed E-state index contributed by atoms with van der Waals surface area (Å²) in [5.41, 5.74) is 0.720. The van der Waals surface area contributed by atoms with E-state index in [1.807, 2.05) is 18.2 Å². The Morgan fingerprint density at radius 1 is 1.25 bits per heavy atom. The van der Waals surface area contributed by atoms with Gasteiger partial charge in [-0.25, -0.2) is 9.19 Å². The second-order valence-electron chi connectivity index (χ2n) is 4.25. The van der Waals surface area contributed by atoms with Gasteiger partial charge in [0.1, 0.15) is 5.03 Å². The van der Waals surface area contributed by atoms with Crippen molar-refractivity contribution in [1.82, 2.24) is 4.98 Å². The molecule has 2 rings (SSSR count). The minimum absolute atomic E-state index is 0.229. The molecular formula is C11H12BrNO2S. The topological polar surface area (TPSA) is 50.2 Å². The van der Waals surface area contributed by atoms with E-state index in [2.05, 4.69) is 20.9 Å². The molecule has 0 aliphatic rings. The van der Waals surface area contributed by atoms with Crippen LogP contribution >= 0.6 is 15.9 Å². The Bertz CT molecular complexity index is 622. The first-order chi connectivity index (χ1) is 7.22. The molecule has 0 unspecified atom stereocenters. The summed E-state index contributed by atoms with van der Waals surface area (Å²) in [6.07, 6.45) is 2.62. The Morgan fingerprint density at radius 3 is 2.56 bits per heavy atom. The molecule has 5 heteroatoms. The fraction of sp³-hybridized carbons (Fsp3) is 0.182. The van der Waals surface area contributed by atoms with Crippen LogP contribution in [-0.4, -0.2) is 26.3 Å². The van der Waals surface area contributed by atoms with Crippen LogP contribution in [0, 0.1) is 0 Å². The molecule has 16 heavy (non-hydrogen) atoms. The standard InChI is InChI=1S/C11H12BrNO2S/c1-16(2,14,15)11-6-3-8-7-9(12)4-5-10(8)13-11/h3-7H,1-2H3,(H,14,15). The molecule has 3 nitrogen and oxygen atoms in total. The predicted molar refractivity (Wildman–Crippen MR) is 70.3 cm³/mol. The van der Waals surface area contributed by atoms with E-state index < -0.39 is 9.35 Å². The zero-order valence-electron chi connectivity index (χ0n) is 8.98. The molecule has 0 saturated carbocycles. The molecule has 0 atom stereocenters. The Balaban J connectivity index is 2.72. The normalized spacial score (nSPS) is 14.6. The summed E-state index contributed by atoms with van der Waals surface area (Å²) in [6, 6.07) is 9.01. The lowest BCUT2D eigenvalue weighted by Gasteiger charge is -2.32. The van der Waals surface area contributed by atoms with Crippen LogP contribution in [0.4, 0.5) is 0 Å². The summed E-state index contributed by atoms with van der Waals surface area (Å²) < 4.78 is 22.8. The van der Waals surface area contributed by atoms with E-state index in [1.54, 1.807) is 12.1 Å². The smallest absolute Gasteiger partial charge is 0.142 e. The van der Waals surface area contributed by atoms with Crippen LogP contribution in [0.3, 0.4) is 0 Å². The van der Waals surface area contributed by atoms with Crippen molar-refractivity contribution in [2.75, 3.05) is 12.5 Å². The van der Waals surface area contributed by atoms with E-state index in [0.717, 1.165) is 15.4 Å². The highest BCUT2D eigenvalue weighted by Gasteiger charge is 2.19. The third-order valence-corrected chi connectivity index (χ3v) is 4.14. The Hall–Kier alpha value is -0.780. The monoisotopic (exact) mass is 301 g/mol. The van der Waals surface area contributed by atoms with Gasteiger partial charge in [-0.05, 0) is 30.3 Å². The highest BCUT2D eigenvalue weighted by Crippen LogP contribution is 2.26. The molecular weight excluding hydrogens is 290 g/mol. The number of halogens is 1. The van der Waals surface area contributed by atoms with Crippen LogP contribution in [0.2, 0.25) is 0 Å². The van der Waals surface area contributed by atoms with Gasteiger partial charge in [-0.1, -0.05) is 15.9 Å². The fourth-order valence-electron chi connectivity index (χ4n) is 1.40.